The monoisotopic (exact) mass is 247 g/mol. The van der Waals surface area contributed by atoms with Gasteiger partial charge in [0.2, 0.25) is 0 Å². The summed E-state index contributed by atoms with van der Waals surface area (Å²) in [6.45, 7) is 3.69. The summed E-state index contributed by atoms with van der Waals surface area (Å²) < 4.78 is 4.85. The molecule has 0 aliphatic rings. The number of ether oxygens (including phenoxy) is 1. The van der Waals surface area contributed by atoms with E-state index >= 15 is 0 Å². The van der Waals surface area contributed by atoms with Crippen LogP contribution in [0.2, 0.25) is 0 Å². The van der Waals surface area contributed by atoms with Crippen molar-refractivity contribution in [3.63, 3.8) is 0 Å². The van der Waals surface area contributed by atoms with E-state index in [1.54, 1.807) is 6.92 Å². The number of rotatable bonds is 5. The average molecular weight is 247 g/mol. The van der Waals surface area contributed by atoms with Gasteiger partial charge in [0, 0.05) is 12.0 Å². The maximum atomic E-state index is 10.9. The molecule has 0 amide bonds. The summed E-state index contributed by atoms with van der Waals surface area (Å²) in [7, 11) is 1.51. The standard InChI is InChI=1S/C14H17NO3/c1-10-4-5-13(11(2)15-17)7-14(10)6-12(8-16)9-18-3/h4-5,7-9,17H,6H2,1-3H3/b12-9+,15-11+. The Kier molecular flexibility index (Phi) is 5.11. The van der Waals surface area contributed by atoms with Gasteiger partial charge in [-0.15, -0.1) is 0 Å². The van der Waals surface area contributed by atoms with Crippen LogP contribution in [-0.2, 0) is 16.0 Å². The second-order valence-electron chi connectivity index (χ2n) is 4.05. The van der Waals surface area contributed by atoms with Gasteiger partial charge in [-0.05, 0) is 36.6 Å². The Balaban J connectivity index is 3.08. The van der Waals surface area contributed by atoms with E-state index in [0.29, 0.717) is 17.7 Å². The number of hydrogen-bond donors (Lipinski definition) is 1. The number of nitrogens with zero attached hydrogens (tertiary/aromatic N) is 1. The molecule has 0 spiro atoms. The van der Waals surface area contributed by atoms with Crippen molar-refractivity contribution in [3.05, 3.63) is 46.7 Å². The van der Waals surface area contributed by atoms with Crippen molar-refractivity contribution < 1.29 is 14.7 Å². The Hall–Kier alpha value is -2.10. The topological polar surface area (TPSA) is 58.9 Å². The third-order valence-electron chi connectivity index (χ3n) is 2.73. The van der Waals surface area contributed by atoms with Crippen LogP contribution in [0.5, 0.6) is 0 Å². The number of hydrogen-bond acceptors (Lipinski definition) is 4. The molecular formula is C14H17NO3. The molecule has 0 aliphatic carbocycles. The number of allylic oxidation sites excluding steroid dienone is 1. The van der Waals surface area contributed by atoms with Gasteiger partial charge in [0.15, 0.2) is 0 Å². The van der Waals surface area contributed by atoms with Crippen LogP contribution in [0.15, 0.2) is 35.2 Å². The lowest BCUT2D eigenvalue weighted by molar-refractivity contribution is -0.105. The SMILES string of the molecule is CO/C=C(/C=O)Cc1cc(/C(C)=N/O)ccc1C. The second-order valence-corrected chi connectivity index (χ2v) is 4.05. The third kappa shape index (κ3) is 3.45. The molecule has 0 fully saturated rings. The van der Waals surface area contributed by atoms with Crippen LogP contribution in [0.3, 0.4) is 0 Å². The predicted octanol–water partition coefficient (Wildman–Crippen LogP) is 2.46. The Labute approximate surface area is 107 Å². The molecule has 0 saturated carbocycles. The van der Waals surface area contributed by atoms with E-state index in [9.17, 15) is 4.79 Å². The van der Waals surface area contributed by atoms with E-state index in [2.05, 4.69) is 5.16 Å². The van der Waals surface area contributed by atoms with Crippen LogP contribution in [0.4, 0.5) is 0 Å². The fourth-order valence-electron chi connectivity index (χ4n) is 1.63. The minimum absolute atomic E-state index is 0.496. The molecule has 0 aliphatic heterocycles. The summed E-state index contributed by atoms with van der Waals surface area (Å²) in [5, 5.41) is 11.9. The van der Waals surface area contributed by atoms with E-state index in [1.807, 2.05) is 25.1 Å². The van der Waals surface area contributed by atoms with Crippen molar-refractivity contribution in [1.29, 1.82) is 0 Å². The van der Waals surface area contributed by atoms with E-state index in [4.69, 9.17) is 9.94 Å². The number of carbonyl (C=O) groups is 1. The molecule has 1 N–H and O–H groups in total. The van der Waals surface area contributed by atoms with E-state index < -0.39 is 0 Å². The van der Waals surface area contributed by atoms with Gasteiger partial charge in [-0.1, -0.05) is 17.3 Å². The first-order valence-electron chi connectivity index (χ1n) is 5.58. The lowest BCUT2D eigenvalue weighted by atomic mass is 9.98. The number of benzene rings is 1. The lowest BCUT2D eigenvalue weighted by Gasteiger charge is -2.08. The van der Waals surface area contributed by atoms with Crippen LogP contribution in [0.1, 0.15) is 23.6 Å². The second kappa shape index (κ2) is 6.59. The van der Waals surface area contributed by atoms with Gasteiger partial charge in [0.1, 0.15) is 6.29 Å². The van der Waals surface area contributed by atoms with Gasteiger partial charge in [0.25, 0.3) is 0 Å². The molecule has 1 aromatic carbocycles. The Bertz CT molecular complexity index is 490. The maximum absolute atomic E-state index is 10.9. The van der Waals surface area contributed by atoms with Gasteiger partial charge < -0.3 is 9.94 Å². The molecule has 0 saturated heterocycles. The molecule has 0 atom stereocenters. The summed E-state index contributed by atoms with van der Waals surface area (Å²) in [4.78, 5) is 10.9. The highest BCUT2D eigenvalue weighted by Crippen LogP contribution is 2.15. The zero-order valence-corrected chi connectivity index (χ0v) is 10.8. The molecule has 4 nitrogen and oxygen atoms in total. The first-order valence-corrected chi connectivity index (χ1v) is 5.58. The average Bonchev–Trinajstić information content (AvgIpc) is 2.39. The molecule has 0 unspecified atom stereocenters. The highest BCUT2D eigenvalue weighted by atomic mass is 16.5. The van der Waals surface area contributed by atoms with Crippen molar-refractivity contribution in [2.24, 2.45) is 5.16 Å². The molecule has 4 heteroatoms. The minimum atomic E-state index is 0.496. The van der Waals surface area contributed by atoms with Crippen LogP contribution in [-0.4, -0.2) is 24.3 Å². The third-order valence-corrected chi connectivity index (χ3v) is 2.73. The lowest BCUT2D eigenvalue weighted by Crippen LogP contribution is -2.00. The summed E-state index contributed by atoms with van der Waals surface area (Å²) in [6.07, 6.45) is 2.71. The highest BCUT2D eigenvalue weighted by Gasteiger charge is 2.06. The first-order chi connectivity index (χ1) is 8.62. The fraction of sp³-hybridized carbons (Fsp3) is 0.286. The Morgan fingerprint density at radius 3 is 2.78 bits per heavy atom. The minimum Gasteiger partial charge on any atom is -0.504 e. The molecule has 0 aromatic heterocycles. The fourth-order valence-corrected chi connectivity index (χ4v) is 1.63. The normalized spacial score (nSPS) is 12.4. The molecule has 0 heterocycles. The molecular weight excluding hydrogens is 230 g/mol. The number of aldehydes is 1. The number of oxime groups is 1. The van der Waals surface area contributed by atoms with Crippen molar-refractivity contribution in [2.45, 2.75) is 20.3 Å². The van der Waals surface area contributed by atoms with Gasteiger partial charge in [-0.25, -0.2) is 0 Å². The van der Waals surface area contributed by atoms with E-state index in [1.165, 1.54) is 13.4 Å². The maximum Gasteiger partial charge on any atom is 0.149 e. The quantitative estimate of drug-likeness (QED) is 0.217. The van der Waals surface area contributed by atoms with Gasteiger partial charge in [-0.3, -0.25) is 4.79 Å². The molecule has 18 heavy (non-hydrogen) atoms. The summed E-state index contributed by atoms with van der Waals surface area (Å²) >= 11 is 0. The Morgan fingerprint density at radius 1 is 1.50 bits per heavy atom. The number of methoxy groups -OCH3 is 1. The smallest absolute Gasteiger partial charge is 0.149 e. The first kappa shape index (κ1) is 14.0. The van der Waals surface area contributed by atoms with Crippen LogP contribution < -0.4 is 0 Å². The Morgan fingerprint density at radius 2 is 2.22 bits per heavy atom. The van der Waals surface area contributed by atoms with Gasteiger partial charge in [0.05, 0.1) is 19.1 Å². The van der Waals surface area contributed by atoms with E-state index in [0.717, 1.165) is 23.0 Å². The van der Waals surface area contributed by atoms with Crippen molar-refractivity contribution >= 4 is 12.0 Å². The predicted molar refractivity (Wildman–Crippen MR) is 70.0 cm³/mol. The summed E-state index contributed by atoms with van der Waals surface area (Å²) in [5.74, 6) is 0. The van der Waals surface area contributed by atoms with Crippen LogP contribution >= 0.6 is 0 Å². The highest BCUT2D eigenvalue weighted by molar-refractivity contribution is 5.98. The van der Waals surface area contributed by atoms with Gasteiger partial charge >= 0.3 is 0 Å². The molecule has 1 rings (SSSR count). The molecule has 96 valence electrons. The largest absolute Gasteiger partial charge is 0.504 e. The summed E-state index contributed by atoms with van der Waals surface area (Å²) in [5.41, 5.74) is 4.02. The zero-order valence-electron chi connectivity index (χ0n) is 10.8. The van der Waals surface area contributed by atoms with Crippen LogP contribution in [0.25, 0.3) is 0 Å². The van der Waals surface area contributed by atoms with Crippen molar-refractivity contribution in [1.82, 2.24) is 0 Å². The molecule has 0 bridgehead atoms. The van der Waals surface area contributed by atoms with Crippen molar-refractivity contribution in [2.75, 3.05) is 7.11 Å². The van der Waals surface area contributed by atoms with E-state index in [-0.39, 0.29) is 0 Å². The van der Waals surface area contributed by atoms with Crippen molar-refractivity contribution in [3.8, 4) is 0 Å². The van der Waals surface area contributed by atoms with Gasteiger partial charge in [-0.2, -0.15) is 0 Å². The van der Waals surface area contributed by atoms with Crippen LogP contribution in [0, 0.1) is 6.92 Å². The number of aryl methyl sites for hydroxylation is 1. The summed E-state index contributed by atoms with van der Waals surface area (Å²) in [6, 6.07) is 5.74. The zero-order chi connectivity index (χ0) is 13.5. The molecule has 0 radical (unpaired) electrons. The molecule has 1 aromatic rings. The number of carbonyl (C=O) groups excluding carboxylic acids is 1.